The summed E-state index contributed by atoms with van der Waals surface area (Å²) in [7, 11) is 6.19. The average Bonchev–Trinajstić information content (AvgIpc) is 3.08. The highest BCUT2D eigenvalue weighted by Crippen LogP contribution is 2.25. The molecule has 8 heteroatoms. The quantitative estimate of drug-likeness (QED) is 0.704. The second-order valence-electron chi connectivity index (χ2n) is 7.14. The van der Waals surface area contributed by atoms with Gasteiger partial charge in [0, 0.05) is 49.4 Å². The minimum Gasteiger partial charge on any atom is -0.497 e. The van der Waals surface area contributed by atoms with Gasteiger partial charge in [-0.1, -0.05) is 0 Å². The maximum Gasteiger partial charge on any atom is 0.254 e. The van der Waals surface area contributed by atoms with Crippen LogP contribution in [0.4, 0.5) is 0 Å². The van der Waals surface area contributed by atoms with Crippen LogP contribution < -0.4 is 18.9 Å². The van der Waals surface area contributed by atoms with Crippen LogP contribution in [0.5, 0.6) is 23.0 Å². The minimum absolute atomic E-state index is 0.116. The van der Waals surface area contributed by atoms with Crippen LogP contribution in [-0.4, -0.2) is 76.2 Å². The Balaban J connectivity index is 1.73. The SMILES string of the molecule is COc1cc(OC)cc(C(=O)N2CCCN(C(=O)c3cc(OC)cc(OC)c3)CC2)c1. The van der Waals surface area contributed by atoms with Crippen LogP contribution in [0.3, 0.4) is 0 Å². The van der Waals surface area contributed by atoms with E-state index >= 15 is 0 Å². The average molecular weight is 428 g/mol. The summed E-state index contributed by atoms with van der Waals surface area (Å²) in [6.45, 7) is 1.99. The van der Waals surface area contributed by atoms with Crippen molar-refractivity contribution in [2.45, 2.75) is 6.42 Å². The normalized spacial score (nSPS) is 13.9. The Labute approximate surface area is 182 Å². The fourth-order valence-electron chi connectivity index (χ4n) is 3.55. The lowest BCUT2D eigenvalue weighted by Gasteiger charge is -2.23. The van der Waals surface area contributed by atoms with E-state index in [1.165, 1.54) is 0 Å². The first kappa shape index (κ1) is 22.3. The molecule has 0 spiro atoms. The van der Waals surface area contributed by atoms with Crippen LogP contribution in [0.25, 0.3) is 0 Å². The molecule has 31 heavy (non-hydrogen) atoms. The zero-order valence-corrected chi connectivity index (χ0v) is 18.3. The summed E-state index contributed by atoms with van der Waals surface area (Å²) in [5, 5.41) is 0. The molecule has 1 aliphatic rings. The van der Waals surface area contributed by atoms with Crippen LogP contribution >= 0.6 is 0 Å². The molecule has 0 aromatic heterocycles. The Bertz CT molecular complexity index is 826. The van der Waals surface area contributed by atoms with Gasteiger partial charge in [-0.2, -0.15) is 0 Å². The third-order valence-electron chi connectivity index (χ3n) is 5.27. The van der Waals surface area contributed by atoms with Gasteiger partial charge in [0.25, 0.3) is 11.8 Å². The number of nitrogens with zero attached hydrogens (tertiary/aromatic N) is 2. The summed E-state index contributed by atoms with van der Waals surface area (Å²) < 4.78 is 21.1. The third-order valence-corrected chi connectivity index (χ3v) is 5.27. The summed E-state index contributed by atoms with van der Waals surface area (Å²) in [6, 6.07) is 10.2. The molecule has 0 radical (unpaired) electrons. The first-order valence-electron chi connectivity index (χ1n) is 10.0. The molecule has 166 valence electrons. The van der Waals surface area contributed by atoms with Crippen LogP contribution in [0.1, 0.15) is 27.1 Å². The molecule has 1 saturated heterocycles. The van der Waals surface area contributed by atoms with E-state index in [1.807, 2.05) is 0 Å². The number of hydrogen-bond acceptors (Lipinski definition) is 6. The Morgan fingerprint density at radius 3 is 1.19 bits per heavy atom. The summed E-state index contributed by atoms with van der Waals surface area (Å²) >= 11 is 0. The van der Waals surface area contributed by atoms with E-state index in [2.05, 4.69) is 0 Å². The lowest BCUT2D eigenvalue weighted by atomic mass is 10.1. The smallest absolute Gasteiger partial charge is 0.254 e. The lowest BCUT2D eigenvalue weighted by molar-refractivity contribution is 0.0718. The van der Waals surface area contributed by atoms with E-state index in [9.17, 15) is 9.59 Å². The molecule has 0 saturated carbocycles. The van der Waals surface area contributed by atoms with Crippen molar-refractivity contribution in [2.75, 3.05) is 54.6 Å². The van der Waals surface area contributed by atoms with Gasteiger partial charge in [-0.05, 0) is 30.7 Å². The van der Waals surface area contributed by atoms with Crippen LogP contribution in [0.2, 0.25) is 0 Å². The molecular formula is C23H28N2O6. The van der Waals surface area contributed by atoms with Crippen LogP contribution in [-0.2, 0) is 0 Å². The van der Waals surface area contributed by atoms with Crippen molar-refractivity contribution in [3.63, 3.8) is 0 Å². The van der Waals surface area contributed by atoms with Gasteiger partial charge in [0.05, 0.1) is 28.4 Å². The zero-order valence-electron chi connectivity index (χ0n) is 18.3. The first-order valence-corrected chi connectivity index (χ1v) is 10.0. The van der Waals surface area contributed by atoms with E-state index < -0.39 is 0 Å². The van der Waals surface area contributed by atoms with E-state index in [-0.39, 0.29) is 11.8 Å². The molecule has 0 N–H and O–H groups in total. The van der Waals surface area contributed by atoms with E-state index in [1.54, 1.807) is 74.6 Å². The zero-order chi connectivity index (χ0) is 22.4. The topological polar surface area (TPSA) is 77.5 Å². The number of benzene rings is 2. The van der Waals surface area contributed by atoms with Crippen molar-refractivity contribution >= 4 is 11.8 Å². The molecule has 1 heterocycles. The number of carbonyl (C=O) groups excluding carboxylic acids is 2. The first-order chi connectivity index (χ1) is 15.0. The van der Waals surface area contributed by atoms with Crippen LogP contribution in [0, 0.1) is 0 Å². The van der Waals surface area contributed by atoms with E-state index in [0.29, 0.717) is 66.7 Å². The summed E-state index contributed by atoms with van der Waals surface area (Å²) in [5.41, 5.74) is 0.988. The molecule has 2 aromatic carbocycles. The molecular weight excluding hydrogens is 400 g/mol. The summed E-state index contributed by atoms with van der Waals surface area (Å²) in [6.07, 6.45) is 0.680. The molecule has 0 aliphatic carbocycles. The maximum atomic E-state index is 13.1. The Kier molecular flexibility index (Phi) is 7.23. The second kappa shape index (κ2) is 10.1. The molecule has 0 atom stereocenters. The molecule has 2 aromatic rings. The predicted octanol–water partition coefficient (Wildman–Crippen LogP) is 2.71. The van der Waals surface area contributed by atoms with Gasteiger partial charge in [0.1, 0.15) is 23.0 Å². The van der Waals surface area contributed by atoms with E-state index in [0.717, 1.165) is 0 Å². The van der Waals surface area contributed by atoms with Crippen molar-refractivity contribution in [3.05, 3.63) is 47.5 Å². The standard InChI is InChI=1S/C23H28N2O6/c1-28-18-10-16(11-19(14-18)29-2)22(26)24-6-5-7-25(9-8-24)23(27)17-12-20(30-3)15-21(13-17)31-4/h10-15H,5-9H2,1-4H3. The Morgan fingerprint density at radius 1 is 0.581 bits per heavy atom. The minimum atomic E-state index is -0.116. The van der Waals surface area contributed by atoms with Gasteiger partial charge >= 0.3 is 0 Å². The van der Waals surface area contributed by atoms with Gasteiger partial charge < -0.3 is 28.7 Å². The molecule has 1 aliphatic heterocycles. The van der Waals surface area contributed by atoms with Gasteiger partial charge in [0.15, 0.2) is 0 Å². The van der Waals surface area contributed by atoms with Crippen molar-refractivity contribution in [3.8, 4) is 23.0 Å². The highest BCUT2D eigenvalue weighted by Gasteiger charge is 2.25. The largest absolute Gasteiger partial charge is 0.497 e. The third kappa shape index (κ3) is 5.20. The number of hydrogen-bond donors (Lipinski definition) is 0. The summed E-state index contributed by atoms with van der Waals surface area (Å²) in [4.78, 5) is 29.7. The molecule has 1 fully saturated rings. The highest BCUT2D eigenvalue weighted by atomic mass is 16.5. The molecule has 0 bridgehead atoms. The number of rotatable bonds is 6. The predicted molar refractivity (Wildman–Crippen MR) is 116 cm³/mol. The van der Waals surface area contributed by atoms with Gasteiger partial charge in [-0.15, -0.1) is 0 Å². The molecule has 0 unspecified atom stereocenters. The van der Waals surface area contributed by atoms with E-state index in [4.69, 9.17) is 18.9 Å². The maximum absolute atomic E-state index is 13.1. The second-order valence-corrected chi connectivity index (χ2v) is 7.14. The monoisotopic (exact) mass is 428 g/mol. The number of amides is 2. The fraction of sp³-hybridized carbons (Fsp3) is 0.391. The molecule has 8 nitrogen and oxygen atoms in total. The fourth-order valence-corrected chi connectivity index (χ4v) is 3.55. The van der Waals surface area contributed by atoms with Crippen molar-refractivity contribution in [1.82, 2.24) is 9.80 Å². The van der Waals surface area contributed by atoms with Crippen molar-refractivity contribution in [2.24, 2.45) is 0 Å². The molecule has 2 amide bonds. The van der Waals surface area contributed by atoms with Crippen molar-refractivity contribution in [1.29, 1.82) is 0 Å². The number of methoxy groups -OCH3 is 4. The van der Waals surface area contributed by atoms with Gasteiger partial charge in [-0.3, -0.25) is 9.59 Å². The number of carbonyl (C=O) groups is 2. The summed E-state index contributed by atoms with van der Waals surface area (Å²) in [5.74, 6) is 1.99. The molecule has 3 rings (SSSR count). The Morgan fingerprint density at radius 2 is 0.903 bits per heavy atom. The number of ether oxygens (including phenoxy) is 4. The highest BCUT2D eigenvalue weighted by molar-refractivity contribution is 5.96. The lowest BCUT2D eigenvalue weighted by Crippen LogP contribution is -2.37. The van der Waals surface area contributed by atoms with Gasteiger partial charge in [-0.25, -0.2) is 0 Å². The van der Waals surface area contributed by atoms with Crippen LogP contribution in [0.15, 0.2) is 36.4 Å². The van der Waals surface area contributed by atoms with Gasteiger partial charge in [0.2, 0.25) is 0 Å². The Hall–Kier alpha value is -3.42. The van der Waals surface area contributed by atoms with Crippen molar-refractivity contribution < 1.29 is 28.5 Å².